The molecular formula is C17H14O4. The van der Waals surface area contributed by atoms with Gasteiger partial charge in [0.25, 0.3) is 0 Å². The lowest BCUT2D eigenvalue weighted by atomic mass is 10.0. The molecule has 0 aromatic heterocycles. The van der Waals surface area contributed by atoms with Crippen LogP contribution < -0.4 is 4.74 Å². The Balaban J connectivity index is 2.39. The summed E-state index contributed by atoms with van der Waals surface area (Å²) < 4.78 is 4.99. The molecule has 0 saturated heterocycles. The molecule has 2 aromatic rings. The van der Waals surface area contributed by atoms with E-state index < -0.39 is 11.9 Å². The predicted octanol–water partition coefficient (Wildman–Crippen LogP) is 3.24. The number of benzene rings is 2. The summed E-state index contributed by atoms with van der Waals surface area (Å²) in [4.78, 5) is 22.4. The fourth-order valence-electron chi connectivity index (χ4n) is 1.89. The molecule has 0 aliphatic heterocycles. The number of hydrogen-bond acceptors (Lipinski definition) is 3. The highest BCUT2D eigenvalue weighted by Gasteiger charge is 2.10. The summed E-state index contributed by atoms with van der Waals surface area (Å²) in [7, 11) is 0. The van der Waals surface area contributed by atoms with Crippen molar-refractivity contribution in [3.8, 4) is 5.75 Å². The molecule has 21 heavy (non-hydrogen) atoms. The Morgan fingerprint density at radius 1 is 1.05 bits per heavy atom. The highest BCUT2D eigenvalue weighted by molar-refractivity contribution is 6.20. The van der Waals surface area contributed by atoms with Crippen molar-refractivity contribution in [2.75, 3.05) is 0 Å². The van der Waals surface area contributed by atoms with Crippen molar-refractivity contribution >= 4 is 23.6 Å². The van der Waals surface area contributed by atoms with E-state index in [-0.39, 0.29) is 5.57 Å². The number of esters is 1. The van der Waals surface area contributed by atoms with Gasteiger partial charge in [0.1, 0.15) is 5.75 Å². The van der Waals surface area contributed by atoms with Crippen LogP contribution in [0.2, 0.25) is 0 Å². The van der Waals surface area contributed by atoms with E-state index in [1.807, 2.05) is 6.07 Å². The van der Waals surface area contributed by atoms with Crippen molar-refractivity contribution in [2.45, 2.75) is 6.92 Å². The summed E-state index contributed by atoms with van der Waals surface area (Å²) in [5, 5.41) is 9.35. The quantitative estimate of drug-likeness (QED) is 0.405. The van der Waals surface area contributed by atoms with E-state index >= 15 is 0 Å². The number of carbonyl (C=O) groups is 2. The van der Waals surface area contributed by atoms with Crippen LogP contribution in [0.1, 0.15) is 18.1 Å². The molecule has 0 unspecified atom stereocenters. The van der Waals surface area contributed by atoms with E-state index in [1.54, 1.807) is 54.6 Å². The lowest BCUT2D eigenvalue weighted by Crippen LogP contribution is -2.01. The molecule has 1 N–H and O–H groups in total. The molecule has 2 aromatic carbocycles. The van der Waals surface area contributed by atoms with Crippen LogP contribution in [0.4, 0.5) is 0 Å². The summed E-state index contributed by atoms with van der Waals surface area (Å²) in [6, 6.07) is 15.6. The smallest absolute Gasteiger partial charge is 0.336 e. The molecule has 0 radical (unpaired) electrons. The fourth-order valence-corrected chi connectivity index (χ4v) is 1.89. The second kappa shape index (κ2) is 6.52. The summed E-state index contributed by atoms with van der Waals surface area (Å²) in [5.41, 5.74) is 1.44. The van der Waals surface area contributed by atoms with E-state index in [9.17, 15) is 14.7 Å². The summed E-state index contributed by atoms with van der Waals surface area (Å²) in [6.07, 6.45) is 1.55. The van der Waals surface area contributed by atoms with Crippen LogP contribution in [-0.2, 0) is 9.59 Å². The Morgan fingerprint density at radius 2 is 1.76 bits per heavy atom. The zero-order valence-electron chi connectivity index (χ0n) is 11.4. The van der Waals surface area contributed by atoms with E-state index in [0.717, 1.165) is 0 Å². The van der Waals surface area contributed by atoms with Crippen LogP contribution >= 0.6 is 0 Å². The molecule has 0 amide bonds. The van der Waals surface area contributed by atoms with Gasteiger partial charge < -0.3 is 9.84 Å². The monoisotopic (exact) mass is 282 g/mol. The summed E-state index contributed by atoms with van der Waals surface area (Å²) >= 11 is 0. The Bertz CT molecular complexity index is 687. The van der Waals surface area contributed by atoms with Gasteiger partial charge in [-0.25, -0.2) is 4.79 Å². The van der Waals surface area contributed by atoms with Crippen LogP contribution in [0.5, 0.6) is 5.75 Å². The van der Waals surface area contributed by atoms with Gasteiger partial charge >= 0.3 is 11.9 Å². The number of rotatable bonds is 4. The van der Waals surface area contributed by atoms with Crippen LogP contribution in [0.25, 0.3) is 11.6 Å². The number of ether oxygens (including phenoxy) is 1. The third-order valence-corrected chi connectivity index (χ3v) is 2.75. The Kier molecular flexibility index (Phi) is 4.51. The average molecular weight is 282 g/mol. The topological polar surface area (TPSA) is 63.6 Å². The van der Waals surface area contributed by atoms with Gasteiger partial charge in [0, 0.05) is 6.92 Å². The number of carboxylic acid groups (broad SMARTS) is 1. The second-order valence-corrected chi connectivity index (χ2v) is 4.40. The Morgan fingerprint density at radius 3 is 2.38 bits per heavy atom. The normalized spacial score (nSPS) is 11.0. The van der Waals surface area contributed by atoms with Gasteiger partial charge in [-0.1, -0.05) is 42.5 Å². The first kappa shape index (κ1) is 14.5. The molecule has 0 atom stereocenters. The molecule has 0 heterocycles. The first-order chi connectivity index (χ1) is 10.1. The van der Waals surface area contributed by atoms with Gasteiger partial charge in [-0.2, -0.15) is 0 Å². The van der Waals surface area contributed by atoms with Crippen LogP contribution in [0, 0.1) is 0 Å². The summed E-state index contributed by atoms with van der Waals surface area (Å²) in [6.45, 7) is 1.31. The maximum atomic E-state index is 11.4. The van der Waals surface area contributed by atoms with Crippen LogP contribution in [-0.4, -0.2) is 17.0 Å². The largest absolute Gasteiger partial charge is 0.478 e. The Hall–Kier alpha value is -2.88. The predicted molar refractivity (Wildman–Crippen MR) is 79.7 cm³/mol. The molecule has 106 valence electrons. The minimum absolute atomic E-state index is 0.176. The summed E-state index contributed by atoms with van der Waals surface area (Å²) in [5.74, 6) is -1.05. The lowest BCUT2D eigenvalue weighted by molar-refractivity contribution is -0.132. The zero-order chi connectivity index (χ0) is 15.2. The van der Waals surface area contributed by atoms with Gasteiger partial charge in [-0.15, -0.1) is 0 Å². The van der Waals surface area contributed by atoms with E-state index in [0.29, 0.717) is 16.9 Å². The minimum Gasteiger partial charge on any atom is -0.478 e. The maximum Gasteiger partial charge on any atom is 0.336 e. The van der Waals surface area contributed by atoms with Crippen LogP contribution in [0.15, 0.2) is 54.6 Å². The van der Waals surface area contributed by atoms with Gasteiger partial charge in [0.15, 0.2) is 0 Å². The molecule has 4 heteroatoms. The molecule has 0 spiro atoms. The minimum atomic E-state index is -1.01. The van der Waals surface area contributed by atoms with Gasteiger partial charge in [-0.3, -0.25) is 4.79 Å². The van der Waals surface area contributed by atoms with Crippen molar-refractivity contribution < 1.29 is 19.4 Å². The number of aliphatic carboxylic acids is 1. The maximum absolute atomic E-state index is 11.4. The van der Waals surface area contributed by atoms with Gasteiger partial charge in [0.2, 0.25) is 0 Å². The SMILES string of the molecule is CC(=O)Oc1cccc(/C=C(/C(=O)O)c2ccccc2)c1. The van der Waals surface area contributed by atoms with Crippen molar-refractivity contribution in [1.29, 1.82) is 0 Å². The molecule has 0 aliphatic rings. The molecule has 2 rings (SSSR count). The second-order valence-electron chi connectivity index (χ2n) is 4.40. The molecule has 0 saturated carbocycles. The zero-order valence-corrected chi connectivity index (χ0v) is 11.4. The van der Waals surface area contributed by atoms with E-state index in [1.165, 1.54) is 6.92 Å². The number of carboxylic acids is 1. The molecular weight excluding hydrogens is 268 g/mol. The molecule has 0 aliphatic carbocycles. The highest BCUT2D eigenvalue weighted by atomic mass is 16.5. The average Bonchev–Trinajstić information content (AvgIpc) is 2.45. The molecule has 0 fully saturated rings. The highest BCUT2D eigenvalue weighted by Crippen LogP contribution is 2.21. The lowest BCUT2D eigenvalue weighted by Gasteiger charge is -2.05. The Labute approximate surface area is 122 Å². The fraction of sp³-hybridized carbons (Fsp3) is 0.0588. The third kappa shape index (κ3) is 4.04. The number of hydrogen-bond donors (Lipinski definition) is 1. The van der Waals surface area contributed by atoms with Crippen molar-refractivity contribution in [3.05, 3.63) is 65.7 Å². The van der Waals surface area contributed by atoms with Crippen molar-refractivity contribution in [3.63, 3.8) is 0 Å². The first-order valence-corrected chi connectivity index (χ1v) is 6.35. The van der Waals surface area contributed by atoms with Crippen molar-refractivity contribution in [1.82, 2.24) is 0 Å². The molecule has 0 bridgehead atoms. The standard InChI is InChI=1S/C17H14O4/c1-12(18)21-15-9-5-6-13(10-15)11-16(17(19)20)14-7-3-2-4-8-14/h2-11H,1H3,(H,19,20)/b16-11+. The van der Waals surface area contributed by atoms with Gasteiger partial charge in [-0.05, 0) is 29.3 Å². The van der Waals surface area contributed by atoms with Crippen LogP contribution in [0.3, 0.4) is 0 Å². The van der Waals surface area contributed by atoms with Gasteiger partial charge in [0.05, 0.1) is 5.57 Å². The third-order valence-electron chi connectivity index (χ3n) is 2.75. The van der Waals surface area contributed by atoms with E-state index in [4.69, 9.17) is 4.74 Å². The molecule has 4 nitrogen and oxygen atoms in total. The van der Waals surface area contributed by atoms with E-state index in [2.05, 4.69) is 0 Å². The van der Waals surface area contributed by atoms with Crippen molar-refractivity contribution in [2.24, 2.45) is 0 Å². The first-order valence-electron chi connectivity index (χ1n) is 6.35. The number of carbonyl (C=O) groups excluding carboxylic acids is 1.